The van der Waals surface area contributed by atoms with E-state index in [0.29, 0.717) is 77.9 Å². The normalized spacial score (nSPS) is 17.3. The number of hydrogen-bond acceptors (Lipinski definition) is 30. The van der Waals surface area contributed by atoms with Gasteiger partial charge in [0.2, 0.25) is 0 Å². The molecule has 34 nitrogen and oxygen atoms in total. The van der Waals surface area contributed by atoms with Gasteiger partial charge in [0.1, 0.15) is 34.7 Å². The Kier molecular flexibility index (Phi) is 58.5. The number of thiazole rings is 1. The topological polar surface area (TPSA) is 471 Å². The molecule has 0 saturated carbocycles. The molecule has 0 bridgehead atoms. The van der Waals surface area contributed by atoms with Gasteiger partial charge in [-0.3, -0.25) is 53.3 Å². The van der Waals surface area contributed by atoms with Gasteiger partial charge in [0, 0.05) is 107 Å². The first-order valence-corrected chi connectivity index (χ1v) is 49.5. The third kappa shape index (κ3) is 43.3. The van der Waals surface area contributed by atoms with E-state index in [0.717, 1.165) is 28.9 Å². The van der Waals surface area contributed by atoms with Gasteiger partial charge < -0.3 is 43.8 Å². The van der Waals surface area contributed by atoms with Gasteiger partial charge in [-0.05, 0) is 132 Å². The SMILES string of the molecule is CCC1=CN(C(=O)OC(C)(C)C)CC(C)(C)C(Br)C1=O.CCC1=CN(C(=O)OC(C)(C)C)CC(C)(C)C(CC=O)C1=O.CCC1=CN(C(=O)OC(C)(C)C)CC(C)(C)C(N2C(=O)c3ccccc3C2=O)C1=O.CCC1=CN(C(=O)OC(C)(C)C)CC(C)(C)c2ncsc21.O=C(O)CS.O=C1[N-]C(=O)c2ccccc21.O=C=O.O=C=O.O=C=O.O=C=O.[B]=NS.[Cl][Zn][Cl].[K+]. The quantitative estimate of drug-likeness (QED) is 0.0471. The summed E-state index contributed by atoms with van der Waals surface area (Å²) in [4.78, 5) is 234. The van der Waals surface area contributed by atoms with Crippen molar-refractivity contribution in [3.8, 4) is 0 Å². The Morgan fingerprint density at radius 1 is 0.555 bits per heavy atom. The van der Waals surface area contributed by atoms with Gasteiger partial charge in [0.15, 0.2) is 17.3 Å². The molecule has 0 fully saturated rings. The van der Waals surface area contributed by atoms with Crippen LogP contribution in [0.25, 0.3) is 10.9 Å². The molecule has 0 saturated heterocycles. The number of aldehydes is 1. The minimum absolute atomic E-state index is 0. The zero-order chi connectivity index (χ0) is 99.5. The molecule has 43 heteroatoms. The van der Waals surface area contributed by atoms with Crippen LogP contribution in [-0.4, -0.2) is 210 Å². The number of imide groups is 2. The van der Waals surface area contributed by atoms with Gasteiger partial charge in [-0.15, -0.1) is 11.3 Å². The number of allylic oxidation sites excluding steroid dienone is 3. The van der Waals surface area contributed by atoms with Crippen molar-refractivity contribution in [1.82, 2.24) is 29.5 Å². The number of carbonyl (C=O) groups excluding carboxylic acids is 20. The van der Waals surface area contributed by atoms with Crippen molar-refractivity contribution in [2.24, 2.45) is 26.5 Å². The summed E-state index contributed by atoms with van der Waals surface area (Å²) in [5.41, 5.74) is 2.81. The number of carboxylic acids is 1. The van der Waals surface area contributed by atoms with Crippen molar-refractivity contribution >= 4 is 188 Å². The maximum absolute atomic E-state index is 13.5. The van der Waals surface area contributed by atoms with Crippen molar-refractivity contribution in [1.29, 1.82) is 0 Å². The standard InChI is InChI=1S/C23H28N2O5.C17H27NO4.C16H24N2O2S.C15H24BrNO3.C8H5NO2.C2H4O2S.4CO2.BHNS.2ClH.K.Zn/c1-7-14-12-24(21(29)30-22(2,3)4)13-23(5,6)18(17(14)26)25-19(27)15-10-8-9-11-16(15)20(25)28;1-7-12-10-18(15(21)22-16(2,3)4)11-17(5,6)13(8-9-19)14(12)20;1-7-11-8-18(14(19)20-15(2,3)4)9-16(5,6)13-12(11)21-10-17-13;1-7-10-8-17(13(19)20-14(2,3)4)9-15(5,6)12(16)11(10)18;10-7-5-3-1-2-4-6(5)8(11)9-7;3-2(4)1-5;4*2-1-3;1-2-3;;;;/h8-12,18H,7,13H2,1-6H3;9-10,13H,7-8,11H2,1-6H3;8,10H,7,9H2,1-6H3;8,12H,7,9H2,1-6H3;1-4H,(H,9,10,11);5H,1H2,(H,3,4);;;;;3H;2*1H;;/q;;;;;;;;;;;;;+1;+2/p-3. The van der Waals surface area contributed by atoms with Crippen molar-refractivity contribution in [2.45, 2.75) is 237 Å². The Morgan fingerprint density at radius 3 is 1.14 bits per heavy atom. The number of Topliss-reactive ketones (excluding diaryl/α,β-unsaturated/α-hetero) is 3. The average molecular weight is 2020 g/mol. The van der Waals surface area contributed by atoms with Crippen LogP contribution in [0.2, 0.25) is 0 Å². The first-order valence-electron chi connectivity index (χ1n) is 38.8. The van der Waals surface area contributed by atoms with Crippen molar-refractivity contribution < 1.29 is 191 Å². The summed E-state index contributed by atoms with van der Waals surface area (Å²) in [5.74, 6) is -3.53. The Labute approximate surface area is 829 Å². The smallest absolute Gasteiger partial charge is 1.00 e. The van der Waals surface area contributed by atoms with Gasteiger partial charge in [0.25, 0.3) is 11.8 Å². The molecule has 6 aliphatic rings. The van der Waals surface area contributed by atoms with Crippen molar-refractivity contribution in [3.63, 3.8) is 0 Å². The molecule has 0 aliphatic carbocycles. The van der Waals surface area contributed by atoms with E-state index in [4.69, 9.17) is 81.8 Å². The van der Waals surface area contributed by atoms with Crippen molar-refractivity contribution in [2.75, 3.05) is 31.9 Å². The summed E-state index contributed by atoms with van der Waals surface area (Å²) in [5, 5.41) is 10.9. The summed E-state index contributed by atoms with van der Waals surface area (Å²) in [6, 6.07) is 12.2. The predicted octanol–water partition coefficient (Wildman–Crippen LogP) is 13.0. The van der Waals surface area contributed by atoms with Crippen LogP contribution in [0.5, 0.6) is 0 Å². The maximum Gasteiger partial charge on any atom is 1.00 e. The number of amides is 8. The van der Waals surface area contributed by atoms with Crippen LogP contribution in [0.15, 0.2) is 99.9 Å². The third-order valence-electron chi connectivity index (χ3n) is 17.3. The second-order valence-electron chi connectivity index (χ2n) is 34.1. The largest absolute Gasteiger partial charge is 1.00 e. The second-order valence-corrected chi connectivity index (χ2v) is 41.0. The van der Waals surface area contributed by atoms with Crippen LogP contribution in [0.1, 0.15) is 250 Å². The number of aliphatic carboxylic acids is 1. The molecule has 128 heavy (non-hydrogen) atoms. The van der Waals surface area contributed by atoms with Gasteiger partial charge in [-0.1, -0.05) is 135 Å². The summed E-state index contributed by atoms with van der Waals surface area (Å²) in [7, 11) is 14.2. The predicted molar refractivity (Wildman–Crippen MR) is 473 cm³/mol. The molecule has 2 aromatic carbocycles. The number of ketones is 3. The van der Waals surface area contributed by atoms with E-state index >= 15 is 0 Å². The van der Waals surface area contributed by atoms with Crippen molar-refractivity contribution in [3.05, 3.63) is 134 Å². The number of carboxylic acid groups (broad SMARTS) is 1. The van der Waals surface area contributed by atoms with E-state index in [1.807, 2.05) is 94.8 Å². The Hall–Kier alpha value is -8.06. The van der Waals surface area contributed by atoms with Gasteiger partial charge in [-0.25, -0.2) is 24.2 Å². The zero-order valence-corrected chi connectivity index (χ0v) is 88.6. The van der Waals surface area contributed by atoms with Crippen LogP contribution < -0.4 is 51.4 Å². The molecule has 6 aliphatic heterocycles. The Balaban J connectivity index is -0.000000717. The fourth-order valence-corrected chi connectivity index (χ4v) is 13.7. The zero-order valence-electron chi connectivity index (χ0n) is 76.8. The van der Waals surface area contributed by atoms with Crippen LogP contribution in [0, 0.1) is 22.2 Å². The van der Waals surface area contributed by atoms with E-state index in [2.05, 4.69) is 84.4 Å². The van der Waals surface area contributed by atoms with Gasteiger partial charge >= 0.3 is 166 Å². The number of aromatic nitrogens is 1. The molecule has 3 atom stereocenters. The van der Waals surface area contributed by atoms with E-state index in [9.17, 15) is 62.3 Å². The molecule has 7 heterocycles. The molecule has 1 aromatic heterocycles. The van der Waals surface area contributed by atoms with E-state index < -0.39 is 108 Å². The molecular formula is C85H112BBrCl2KN8O26S3Zn. The number of hydrogen-bond donors (Lipinski definition) is 3. The minimum atomic E-state index is -1.02. The number of alkyl halides is 1. The number of halogens is 3. The maximum atomic E-state index is 13.5. The summed E-state index contributed by atoms with van der Waals surface area (Å²) >= 11 is 10.8. The van der Waals surface area contributed by atoms with E-state index in [1.54, 1.807) is 139 Å². The molecule has 693 valence electrons. The number of benzene rings is 2. The van der Waals surface area contributed by atoms with Crippen LogP contribution >= 0.6 is 72.1 Å². The van der Waals surface area contributed by atoms with Gasteiger partial charge in [0.05, 0.1) is 49.6 Å². The molecule has 3 aromatic rings. The Bertz CT molecular complexity index is 4510. The first-order chi connectivity index (χ1) is 58.5. The fraction of sp³-hybridized carbons (Fsp3) is 0.529. The molecule has 1 N–H and O–H groups in total. The molecule has 9 rings (SSSR count). The number of nitrogens with zero attached hydrogens (tertiary/aromatic N) is 8. The van der Waals surface area contributed by atoms with Gasteiger partial charge in [-0.2, -0.15) is 51.0 Å². The van der Waals surface area contributed by atoms with E-state index in [-0.39, 0.29) is 134 Å². The Morgan fingerprint density at radius 2 is 0.836 bits per heavy atom. The molecule has 1 radical (unpaired) electrons. The summed E-state index contributed by atoms with van der Waals surface area (Å²) < 4.78 is 24.5. The number of fused-ring (bicyclic) bond motifs is 3. The molecule has 3 unspecified atom stereocenters. The number of carbonyl (C=O) groups is 13. The summed E-state index contributed by atoms with van der Waals surface area (Å²) in [6.45, 7) is 46.6. The summed E-state index contributed by atoms with van der Waals surface area (Å²) in [6.07, 6.45) is 9.19. The average Bonchev–Trinajstić information content (AvgIpc) is 1.58. The molecule has 8 amide bonds. The molecular weight excluding hydrogens is 1910 g/mol. The van der Waals surface area contributed by atoms with E-state index in [1.165, 1.54) is 25.8 Å². The number of ether oxygens (including phenoxy) is 4. The number of thiol groups is 2. The van der Waals surface area contributed by atoms with Crippen LogP contribution in [0.3, 0.4) is 0 Å². The minimum Gasteiger partial charge on any atom is 1.00 e. The monoisotopic (exact) mass is 2020 g/mol. The second kappa shape index (κ2) is 59.4. The first kappa shape index (κ1) is 126. The third-order valence-corrected chi connectivity index (χ3v) is 20.2. The fourth-order valence-electron chi connectivity index (χ4n) is 12.2. The molecule has 0 spiro atoms. The van der Waals surface area contributed by atoms with Crippen LogP contribution in [0.4, 0.5) is 19.2 Å². The van der Waals surface area contributed by atoms with Crippen LogP contribution in [-0.2, 0) is 102 Å². The number of rotatable bonds is 8.